The number of ether oxygens (including phenoxy) is 6. The van der Waals surface area contributed by atoms with Gasteiger partial charge in [-0.3, -0.25) is 57.9 Å². The molecule has 0 aliphatic carbocycles. The maximum atomic E-state index is 12.4. The molecule has 0 N–H and O–H groups in total. The van der Waals surface area contributed by atoms with Crippen LogP contribution in [0.2, 0.25) is 0 Å². The molecule has 332 valence electrons. The summed E-state index contributed by atoms with van der Waals surface area (Å²) < 4.78 is 34.0. The van der Waals surface area contributed by atoms with Crippen molar-refractivity contribution >= 4 is 53.4 Å². The van der Waals surface area contributed by atoms with Gasteiger partial charge in [-0.05, 0) is 59.3 Å². The first kappa shape index (κ1) is 49.3. The van der Waals surface area contributed by atoms with Crippen LogP contribution in [0.1, 0.15) is 97.8 Å². The van der Waals surface area contributed by atoms with E-state index in [-0.39, 0.29) is 87.7 Å². The summed E-state index contributed by atoms with van der Waals surface area (Å²) >= 11 is 0. The lowest BCUT2D eigenvalue weighted by atomic mass is 10.2. The van der Waals surface area contributed by atoms with Crippen molar-refractivity contribution in [1.82, 2.24) is 14.7 Å². The number of rotatable bonds is 32. The Bertz CT molecular complexity index is 1480. The Balaban J connectivity index is 1.34. The van der Waals surface area contributed by atoms with Crippen LogP contribution in [-0.4, -0.2) is 145 Å². The van der Waals surface area contributed by atoms with Crippen molar-refractivity contribution in [3.05, 3.63) is 36.5 Å². The van der Waals surface area contributed by atoms with Gasteiger partial charge in [-0.15, -0.1) is 0 Å². The average Bonchev–Trinajstić information content (AvgIpc) is 3.82. The second-order valence-electron chi connectivity index (χ2n) is 14.8. The first-order valence-electron chi connectivity index (χ1n) is 20.7. The molecule has 18 heteroatoms. The summed E-state index contributed by atoms with van der Waals surface area (Å²) in [5, 5.41) is 0. The lowest BCUT2D eigenvalue weighted by molar-refractivity contribution is -0.159. The lowest BCUT2D eigenvalue weighted by Gasteiger charge is -2.24. The highest BCUT2D eigenvalue weighted by atomic mass is 16.6. The molecule has 0 fully saturated rings. The van der Waals surface area contributed by atoms with E-state index in [1.165, 1.54) is 36.5 Å². The Hall–Kier alpha value is -5.07. The predicted molar refractivity (Wildman–Crippen MR) is 211 cm³/mol. The fourth-order valence-electron chi connectivity index (χ4n) is 6.25. The quantitative estimate of drug-likeness (QED) is 0.0412. The molecule has 18 nitrogen and oxygen atoms in total. The summed E-state index contributed by atoms with van der Waals surface area (Å²) in [6.07, 6.45) is 10.8. The molecule has 3 unspecified atom stereocenters. The van der Waals surface area contributed by atoms with Gasteiger partial charge in [-0.25, -0.2) is 0 Å². The van der Waals surface area contributed by atoms with Crippen LogP contribution >= 0.6 is 0 Å². The number of unbranched alkanes of at least 4 members (excludes halogenated alkanes) is 6. The van der Waals surface area contributed by atoms with E-state index >= 15 is 0 Å². The zero-order valence-corrected chi connectivity index (χ0v) is 34.9. The molecule has 0 aromatic rings. The number of carbonyl (C=O) groups excluding carboxylic acids is 9. The summed E-state index contributed by atoms with van der Waals surface area (Å²) in [5.41, 5.74) is 0. The number of nitrogens with zero attached hydrogens (tertiary/aromatic N) is 3. The van der Waals surface area contributed by atoms with Crippen molar-refractivity contribution in [2.45, 2.75) is 122 Å². The van der Waals surface area contributed by atoms with Crippen LogP contribution in [0.3, 0.4) is 0 Å². The van der Waals surface area contributed by atoms with E-state index in [0.717, 1.165) is 14.7 Å². The van der Waals surface area contributed by atoms with E-state index in [4.69, 9.17) is 28.4 Å². The van der Waals surface area contributed by atoms with Gasteiger partial charge in [0.15, 0.2) is 0 Å². The molecule has 0 bridgehead atoms. The molecule has 0 spiro atoms. The van der Waals surface area contributed by atoms with Crippen molar-refractivity contribution < 1.29 is 71.6 Å². The van der Waals surface area contributed by atoms with Gasteiger partial charge in [-0.2, -0.15) is 0 Å². The number of imide groups is 3. The third-order valence-electron chi connectivity index (χ3n) is 9.37. The summed E-state index contributed by atoms with van der Waals surface area (Å²) in [4.78, 5) is 111. The summed E-state index contributed by atoms with van der Waals surface area (Å²) in [6.45, 7) is 6.16. The van der Waals surface area contributed by atoms with Crippen LogP contribution in [0.15, 0.2) is 36.5 Å². The topological polar surface area (TPSA) is 219 Å². The first-order chi connectivity index (χ1) is 28.7. The molecule has 3 aliphatic rings. The molecule has 3 aliphatic heterocycles. The minimum atomic E-state index is -0.635. The summed E-state index contributed by atoms with van der Waals surface area (Å²) in [5.74, 6) is -3.24. The minimum Gasteiger partial charge on any atom is -0.463 e. The van der Waals surface area contributed by atoms with Crippen LogP contribution in [-0.2, 0) is 71.6 Å². The molecule has 0 aromatic carbocycles. The van der Waals surface area contributed by atoms with E-state index in [1.54, 1.807) is 20.8 Å². The van der Waals surface area contributed by atoms with Crippen molar-refractivity contribution in [3.8, 4) is 0 Å². The summed E-state index contributed by atoms with van der Waals surface area (Å²) in [7, 11) is 0. The van der Waals surface area contributed by atoms with Gasteiger partial charge in [0.25, 0.3) is 35.4 Å². The van der Waals surface area contributed by atoms with Gasteiger partial charge in [0.1, 0.15) is 24.9 Å². The van der Waals surface area contributed by atoms with Crippen LogP contribution in [0, 0.1) is 0 Å². The molecule has 0 aromatic heterocycles. The van der Waals surface area contributed by atoms with E-state index in [1.807, 2.05) is 0 Å². The predicted octanol–water partition coefficient (Wildman–Crippen LogP) is 2.66. The second kappa shape index (κ2) is 26.9. The second-order valence-corrected chi connectivity index (χ2v) is 14.8. The Labute approximate surface area is 350 Å². The molecule has 3 heterocycles. The van der Waals surface area contributed by atoms with Gasteiger partial charge in [0.05, 0.1) is 32.5 Å². The van der Waals surface area contributed by atoms with Gasteiger partial charge in [0, 0.05) is 75.4 Å². The van der Waals surface area contributed by atoms with E-state index in [2.05, 4.69) is 0 Å². The van der Waals surface area contributed by atoms with E-state index in [9.17, 15) is 43.2 Å². The van der Waals surface area contributed by atoms with Crippen LogP contribution in [0.5, 0.6) is 0 Å². The highest BCUT2D eigenvalue weighted by Crippen LogP contribution is 2.13. The van der Waals surface area contributed by atoms with E-state index in [0.29, 0.717) is 77.4 Å². The molecule has 3 rings (SSSR count). The van der Waals surface area contributed by atoms with Crippen molar-refractivity contribution in [3.63, 3.8) is 0 Å². The molecule has 0 saturated heterocycles. The maximum Gasteiger partial charge on any atom is 0.306 e. The molecule has 3 atom stereocenters. The average molecular weight is 846 g/mol. The van der Waals surface area contributed by atoms with Crippen molar-refractivity contribution in [1.29, 1.82) is 0 Å². The lowest BCUT2D eigenvalue weighted by Crippen LogP contribution is -2.34. The zero-order valence-electron chi connectivity index (χ0n) is 34.9. The maximum absolute atomic E-state index is 12.4. The number of esters is 3. The fraction of sp³-hybridized carbons (Fsp3) is 0.643. The molecule has 0 saturated carbocycles. The van der Waals surface area contributed by atoms with E-state index < -0.39 is 42.3 Å². The number of amides is 6. The minimum absolute atomic E-state index is 0.0388. The highest BCUT2D eigenvalue weighted by Gasteiger charge is 2.25. The monoisotopic (exact) mass is 845 g/mol. The summed E-state index contributed by atoms with van der Waals surface area (Å²) in [6, 6.07) is 0. The molecular weight excluding hydrogens is 786 g/mol. The SMILES string of the molecule is CC(COCC(COCC(C)OC(=O)CCCCCN1C(=O)C=CC1=O)OC(C)COC(=O)CCCCCN1C(=O)C=CC1=O)OC(=O)CCCCCN1C(=O)C=CC1=O. The number of carbonyl (C=O) groups is 9. The molecule has 0 radical (unpaired) electrons. The fourth-order valence-corrected chi connectivity index (χ4v) is 6.25. The van der Waals surface area contributed by atoms with Crippen LogP contribution in [0.25, 0.3) is 0 Å². The Morgan fingerprint density at radius 2 is 0.767 bits per heavy atom. The third kappa shape index (κ3) is 18.9. The van der Waals surface area contributed by atoms with Crippen LogP contribution in [0.4, 0.5) is 0 Å². The van der Waals surface area contributed by atoms with Gasteiger partial charge >= 0.3 is 17.9 Å². The number of hydrogen-bond acceptors (Lipinski definition) is 15. The first-order valence-corrected chi connectivity index (χ1v) is 20.7. The smallest absolute Gasteiger partial charge is 0.306 e. The molecule has 6 amide bonds. The zero-order chi connectivity index (χ0) is 43.9. The van der Waals surface area contributed by atoms with Gasteiger partial charge in [0.2, 0.25) is 0 Å². The van der Waals surface area contributed by atoms with Crippen molar-refractivity contribution in [2.24, 2.45) is 0 Å². The van der Waals surface area contributed by atoms with Gasteiger partial charge in [-0.1, -0.05) is 19.3 Å². The standard InChI is InChI=1S/C42H59N3O15/c1-30(59-41(53)14-8-5-11-23-44-36(48)18-19-37(44)49)25-55-28-33(58-32(3)27-57-40(52)13-7-4-10-22-43-34(46)16-17-35(43)47)29-56-26-31(2)60-42(54)15-9-6-12-24-45-38(50)20-21-39(45)51/h16-21,30-33H,4-15,22-29H2,1-3H3. The Kier molecular flexibility index (Phi) is 22.1. The normalized spacial score (nSPS) is 16.9. The molecule has 60 heavy (non-hydrogen) atoms. The Morgan fingerprint density at radius 3 is 1.12 bits per heavy atom. The van der Waals surface area contributed by atoms with Crippen LogP contribution < -0.4 is 0 Å². The number of hydrogen-bond donors (Lipinski definition) is 0. The Morgan fingerprint density at radius 1 is 0.433 bits per heavy atom. The third-order valence-corrected chi connectivity index (χ3v) is 9.37. The largest absolute Gasteiger partial charge is 0.463 e. The molecular formula is C42H59N3O15. The highest BCUT2D eigenvalue weighted by molar-refractivity contribution is 6.14. The van der Waals surface area contributed by atoms with Gasteiger partial charge < -0.3 is 28.4 Å². The van der Waals surface area contributed by atoms with Crippen molar-refractivity contribution in [2.75, 3.05) is 52.7 Å².